The first-order chi connectivity index (χ1) is 21.0. The fourth-order valence-corrected chi connectivity index (χ4v) is 5.43. The summed E-state index contributed by atoms with van der Waals surface area (Å²) in [6.07, 6.45) is 4.97. The fourth-order valence-electron chi connectivity index (χ4n) is 5.43. The van der Waals surface area contributed by atoms with Crippen LogP contribution < -0.4 is 10.6 Å². The second-order valence-corrected chi connectivity index (χ2v) is 10.9. The van der Waals surface area contributed by atoms with Crippen LogP contribution in [0.25, 0.3) is 33.4 Å². The summed E-state index contributed by atoms with van der Waals surface area (Å²) in [6, 6.07) is 20.8. The van der Waals surface area contributed by atoms with Crippen molar-refractivity contribution in [1.29, 1.82) is 0 Å². The molecule has 0 aliphatic carbocycles. The van der Waals surface area contributed by atoms with Gasteiger partial charge in [-0.2, -0.15) is 5.10 Å². The number of nitrogens with zero attached hydrogens (tertiary/aromatic N) is 5. The minimum Gasteiger partial charge on any atom is -0.343 e. The summed E-state index contributed by atoms with van der Waals surface area (Å²) < 4.78 is 1.93. The quantitative estimate of drug-likeness (QED) is 0.227. The molecule has 1 fully saturated rings. The summed E-state index contributed by atoms with van der Waals surface area (Å²) in [5.74, 6) is 0.196. The minimum absolute atomic E-state index is 0.196. The van der Waals surface area contributed by atoms with Crippen molar-refractivity contribution in [3.8, 4) is 22.4 Å². The van der Waals surface area contributed by atoms with E-state index in [1.165, 1.54) is 0 Å². The molecule has 10 nitrogen and oxygen atoms in total. The second kappa shape index (κ2) is 12.5. The monoisotopic (exact) mass is 576 g/mol. The predicted molar refractivity (Wildman–Crippen MR) is 170 cm³/mol. The van der Waals surface area contributed by atoms with Gasteiger partial charge in [-0.05, 0) is 62.4 Å². The number of urea groups is 1. The molecule has 0 unspecified atom stereocenters. The lowest BCUT2D eigenvalue weighted by Gasteiger charge is -2.32. The fraction of sp³-hybridized carbons (Fsp3) is 0.273. The summed E-state index contributed by atoms with van der Waals surface area (Å²) in [6.45, 7) is 6.20. The van der Waals surface area contributed by atoms with Gasteiger partial charge < -0.3 is 25.4 Å². The maximum atomic E-state index is 12.8. The molecule has 0 saturated carbocycles. The molecule has 3 amide bonds. The van der Waals surface area contributed by atoms with E-state index in [9.17, 15) is 9.59 Å². The summed E-state index contributed by atoms with van der Waals surface area (Å²) in [4.78, 5) is 37.5. The van der Waals surface area contributed by atoms with Gasteiger partial charge in [0.15, 0.2) is 0 Å². The molecule has 43 heavy (non-hydrogen) atoms. The average molecular weight is 577 g/mol. The van der Waals surface area contributed by atoms with Gasteiger partial charge in [0, 0.05) is 85.1 Å². The van der Waals surface area contributed by atoms with Gasteiger partial charge in [-0.25, -0.2) is 9.78 Å². The van der Waals surface area contributed by atoms with E-state index in [4.69, 9.17) is 5.10 Å². The summed E-state index contributed by atoms with van der Waals surface area (Å²) in [7, 11) is 2.09. The molecule has 6 rings (SSSR count). The summed E-state index contributed by atoms with van der Waals surface area (Å²) >= 11 is 0. The Bertz CT molecular complexity index is 1720. The molecule has 0 radical (unpaired) electrons. The number of fused-ring (bicyclic) bond motifs is 1. The molecule has 4 heterocycles. The van der Waals surface area contributed by atoms with Crippen molar-refractivity contribution in [3.05, 3.63) is 84.8 Å². The molecule has 220 valence electrons. The molecule has 10 heteroatoms. The smallest absolute Gasteiger partial charge is 0.323 e. The number of H-pyrrole nitrogens is 1. The van der Waals surface area contributed by atoms with Crippen molar-refractivity contribution >= 4 is 34.3 Å². The number of rotatable bonds is 8. The van der Waals surface area contributed by atoms with Crippen LogP contribution in [0.3, 0.4) is 0 Å². The van der Waals surface area contributed by atoms with Crippen LogP contribution in [0.1, 0.15) is 19.0 Å². The normalized spacial score (nSPS) is 13.8. The largest absolute Gasteiger partial charge is 0.343 e. The number of benzene rings is 2. The molecule has 3 aromatic heterocycles. The van der Waals surface area contributed by atoms with Crippen LogP contribution in [0, 0.1) is 0 Å². The van der Waals surface area contributed by atoms with E-state index in [0.29, 0.717) is 18.5 Å². The van der Waals surface area contributed by atoms with Crippen molar-refractivity contribution in [3.63, 3.8) is 0 Å². The Hall–Kier alpha value is -4.96. The standard InChI is InChI=1S/C33H36N8O2/c1-3-41-22-29(31(38-41)23-9-11-25(12-10-23)37-33(43)36-24-7-5-4-6-8-24)27-15-16-34-32-28(27)21-26(35-32)13-14-30(42)40-19-17-39(2)18-20-40/h4-12,15-16,21-22H,3,13-14,17-20H2,1-2H3,(H,34,35)(H2,36,37,43). The van der Waals surface area contributed by atoms with Crippen LogP contribution in [0.5, 0.6) is 0 Å². The number of amides is 3. The number of nitrogens with one attached hydrogen (secondary N) is 3. The Morgan fingerprint density at radius 3 is 2.35 bits per heavy atom. The van der Waals surface area contributed by atoms with Crippen LogP contribution in [0.2, 0.25) is 0 Å². The van der Waals surface area contributed by atoms with Gasteiger partial charge in [0.25, 0.3) is 0 Å². The number of pyridine rings is 1. The topological polar surface area (TPSA) is 111 Å². The predicted octanol–water partition coefficient (Wildman–Crippen LogP) is 5.46. The number of likely N-dealkylation sites (N-methyl/N-ethyl adjacent to an activating group) is 1. The maximum absolute atomic E-state index is 12.8. The van der Waals surface area contributed by atoms with Gasteiger partial charge >= 0.3 is 6.03 Å². The Kier molecular flexibility index (Phi) is 8.19. The molecule has 0 spiro atoms. The molecule has 0 bridgehead atoms. The molecule has 0 atom stereocenters. The zero-order valence-corrected chi connectivity index (χ0v) is 24.5. The lowest BCUT2D eigenvalue weighted by Crippen LogP contribution is -2.47. The highest BCUT2D eigenvalue weighted by atomic mass is 16.2. The summed E-state index contributed by atoms with van der Waals surface area (Å²) in [5, 5.41) is 11.6. The van der Waals surface area contributed by atoms with Crippen LogP contribution in [-0.4, -0.2) is 74.7 Å². The molecule has 5 aromatic rings. The molecule has 3 N–H and O–H groups in total. The second-order valence-electron chi connectivity index (χ2n) is 10.9. The third-order valence-corrected chi connectivity index (χ3v) is 7.88. The highest BCUT2D eigenvalue weighted by Crippen LogP contribution is 2.36. The van der Waals surface area contributed by atoms with E-state index in [1.807, 2.05) is 70.2 Å². The Morgan fingerprint density at radius 2 is 1.63 bits per heavy atom. The molecule has 1 saturated heterocycles. The highest BCUT2D eigenvalue weighted by Gasteiger charge is 2.20. The van der Waals surface area contributed by atoms with Gasteiger partial charge in [0.2, 0.25) is 5.91 Å². The molecule has 1 aliphatic heterocycles. The zero-order chi connectivity index (χ0) is 29.8. The first kappa shape index (κ1) is 28.2. The van der Waals surface area contributed by atoms with E-state index in [1.54, 1.807) is 6.20 Å². The number of anilines is 2. The van der Waals surface area contributed by atoms with Crippen molar-refractivity contribution in [2.24, 2.45) is 0 Å². The lowest BCUT2D eigenvalue weighted by atomic mass is 10.00. The number of piperazine rings is 1. The van der Waals surface area contributed by atoms with Crippen LogP contribution in [0.4, 0.5) is 16.2 Å². The van der Waals surface area contributed by atoms with E-state index in [2.05, 4.69) is 51.7 Å². The van der Waals surface area contributed by atoms with E-state index >= 15 is 0 Å². The van der Waals surface area contributed by atoms with E-state index in [-0.39, 0.29) is 11.9 Å². The molecular weight excluding hydrogens is 540 g/mol. The van der Waals surface area contributed by atoms with Gasteiger partial charge in [-0.1, -0.05) is 30.3 Å². The highest BCUT2D eigenvalue weighted by molar-refractivity contribution is 6.00. The number of carbonyl (C=O) groups excluding carboxylic acids is 2. The van der Waals surface area contributed by atoms with Crippen molar-refractivity contribution in [2.75, 3.05) is 43.9 Å². The number of para-hydroxylation sites is 1. The van der Waals surface area contributed by atoms with Crippen LogP contribution in [-0.2, 0) is 17.8 Å². The molecule has 2 aromatic carbocycles. The number of aryl methyl sites for hydroxylation is 2. The van der Waals surface area contributed by atoms with Gasteiger partial charge in [0.1, 0.15) is 11.3 Å². The lowest BCUT2D eigenvalue weighted by molar-refractivity contribution is -0.132. The first-order valence-corrected chi connectivity index (χ1v) is 14.7. The zero-order valence-electron chi connectivity index (χ0n) is 24.5. The Morgan fingerprint density at radius 1 is 0.907 bits per heavy atom. The van der Waals surface area contributed by atoms with Crippen LogP contribution >= 0.6 is 0 Å². The van der Waals surface area contributed by atoms with Gasteiger partial charge in [-0.15, -0.1) is 0 Å². The third kappa shape index (κ3) is 6.44. The summed E-state index contributed by atoms with van der Waals surface area (Å²) in [5.41, 5.74) is 7.00. The van der Waals surface area contributed by atoms with Gasteiger partial charge in [-0.3, -0.25) is 9.48 Å². The number of carbonyl (C=O) groups is 2. The van der Waals surface area contributed by atoms with Crippen molar-refractivity contribution in [1.82, 2.24) is 29.5 Å². The Balaban J connectivity index is 1.21. The van der Waals surface area contributed by atoms with E-state index in [0.717, 1.165) is 77.5 Å². The minimum atomic E-state index is -0.303. The first-order valence-electron chi connectivity index (χ1n) is 14.7. The molecule has 1 aliphatic rings. The maximum Gasteiger partial charge on any atom is 0.323 e. The van der Waals surface area contributed by atoms with Crippen molar-refractivity contribution in [2.45, 2.75) is 26.3 Å². The SMILES string of the molecule is CCn1cc(-c2ccnc3[nH]c(CCC(=O)N4CCN(C)CC4)cc23)c(-c2ccc(NC(=O)Nc3ccccc3)cc2)n1. The van der Waals surface area contributed by atoms with Crippen LogP contribution in [0.15, 0.2) is 79.1 Å². The van der Waals surface area contributed by atoms with Gasteiger partial charge in [0.05, 0.1) is 0 Å². The van der Waals surface area contributed by atoms with Crippen molar-refractivity contribution < 1.29 is 9.59 Å². The number of hydrogen-bond acceptors (Lipinski definition) is 5. The number of aromatic amines is 1. The third-order valence-electron chi connectivity index (χ3n) is 7.88. The average Bonchev–Trinajstić information content (AvgIpc) is 3.65. The van der Waals surface area contributed by atoms with E-state index < -0.39 is 0 Å². The molecular formula is C33H36N8O2. The number of aromatic nitrogens is 4. The Labute approximate surface area is 250 Å². The number of hydrogen-bond donors (Lipinski definition) is 3.